The lowest BCUT2D eigenvalue weighted by Crippen LogP contribution is -2.46. The minimum atomic E-state index is -3.44. The monoisotopic (exact) mass is 573 g/mol. The van der Waals surface area contributed by atoms with Gasteiger partial charge in [-0.1, -0.05) is 64.2 Å². The number of anilines is 1. The van der Waals surface area contributed by atoms with Crippen LogP contribution in [0.2, 0.25) is 0 Å². The van der Waals surface area contributed by atoms with Gasteiger partial charge in [0.1, 0.15) is 5.82 Å². The third-order valence-electron chi connectivity index (χ3n) is 8.26. The Bertz CT molecular complexity index is 1010. The lowest BCUT2D eigenvalue weighted by molar-refractivity contribution is -0.130. The molecular formula is C28H39F4N3O5. The number of aliphatic hydroxyl groups is 1. The van der Waals surface area contributed by atoms with E-state index < -0.39 is 55.1 Å². The summed E-state index contributed by atoms with van der Waals surface area (Å²) >= 11 is 0. The molecule has 3 rings (SSSR count). The highest BCUT2D eigenvalue weighted by atomic mass is 19.3. The lowest BCUT2D eigenvalue weighted by Gasteiger charge is -2.41. The van der Waals surface area contributed by atoms with Gasteiger partial charge in [0.15, 0.2) is 6.10 Å². The van der Waals surface area contributed by atoms with Crippen LogP contribution in [-0.4, -0.2) is 41.8 Å². The molecule has 0 saturated heterocycles. The van der Waals surface area contributed by atoms with E-state index in [9.17, 15) is 32.7 Å². The highest BCUT2D eigenvalue weighted by Gasteiger charge is 2.42. The first-order chi connectivity index (χ1) is 19.0. The first-order valence-corrected chi connectivity index (χ1v) is 14.0. The number of carbonyl (C=O) groups is 3. The maximum Gasteiger partial charge on any atom is 0.405 e. The van der Waals surface area contributed by atoms with E-state index in [4.69, 9.17) is 10.5 Å². The van der Waals surface area contributed by atoms with E-state index in [0.717, 1.165) is 76.3 Å². The van der Waals surface area contributed by atoms with Gasteiger partial charge in [-0.3, -0.25) is 9.59 Å². The maximum absolute atomic E-state index is 15.2. The molecule has 0 aliphatic heterocycles. The van der Waals surface area contributed by atoms with Crippen LogP contribution in [0, 0.1) is 23.6 Å². The number of nitrogens with one attached hydrogen (secondary N) is 2. The second kappa shape index (κ2) is 14.7. The molecular weight excluding hydrogens is 534 g/mol. The van der Waals surface area contributed by atoms with E-state index in [-0.39, 0.29) is 34.6 Å². The van der Waals surface area contributed by atoms with E-state index >= 15 is 4.39 Å². The molecule has 3 atom stereocenters. The molecule has 2 unspecified atom stereocenters. The average molecular weight is 574 g/mol. The molecule has 0 heterocycles. The quantitative estimate of drug-likeness (QED) is 0.211. The van der Waals surface area contributed by atoms with Crippen LogP contribution < -0.4 is 16.4 Å². The highest BCUT2D eigenvalue weighted by Crippen LogP contribution is 2.43. The van der Waals surface area contributed by atoms with Crippen LogP contribution in [0.3, 0.4) is 0 Å². The van der Waals surface area contributed by atoms with Gasteiger partial charge in [-0.2, -0.15) is 0 Å². The summed E-state index contributed by atoms with van der Waals surface area (Å²) in [6.07, 6.45) is 1.02. The van der Waals surface area contributed by atoms with Crippen molar-refractivity contribution < 1.29 is 41.8 Å². The SMILES string of the molecule is CC(C(=O)NC(F)C(F)F)c1cc(F)c(NC(=O)[C@@H](OC(N)=O)C(C2CCCCC2)C2CCCCC2)cc1CO. The van der Waals surface area contributed by atoms with Crippen molar-refractivity contribution in [2.24, 2.45) is 23.5 Å². The van der Waals surface area contributed by atoms with Gasteiger partial charge in [-0.25, -0.2) is 22.4 Å². The molecule has 8 nitrogen and oxygen atoms in total. The molecule has 2 fully saturated rings. The molecule has 2 saturated carbocycles. The summed E-state index contributed by atoms with van der Waals surface area (Å²) in [4.78, 5) is 37.7. The molecule has 0 spiro atoms. The minimum Gasteiger partial charge on any atom is -0.436 e. The maximum atomic E-state index is 15.2. The number of amides is 3. The molecule has 12 heteroatoms. The van der Waals surface area contributed by atoms with Crippen LogP contribution >= 0.6 is 0 Å². The topological polar surface area (TPSA) is 131 Å². The zero-order valence-electron chi connectivity index (χ0n) is 22.6. The second-order valence-electron chi connectivity index (χ2n) is 10.9. The first kappa shape index (κ1) is 31.6. The van der Waals surface area contributed by atoms with Crippen molar-refractivity contribution in [3.8, 4) is 0 Å². The molecule has 2 aliphatic rings. The number of nitrogens with two attached hydrogens (primary N) is 1. The Kier molecular flexibility index (Phi) is 11.6. The van der Waals surface area contributed by atoms with E-state index in [1.165, 1.54) is 12.2 Å². The zero-order valence-corrected chi connectivity index (χ0v) is 22.6. The average Bonchev–Trinajstić information content (AvgIpc) is 2.93. The molecule has 0 radical (unpaired) electrons. The highest BCUT2D eigenvalue weighted by molar-refractivity contribution is 5.96. The molecule has 1 aromatic carbocycles. The molecule has 1 aromatic rings. The number of rotatable bonds is 11. The molecule has 0 bridgehead atoms. The predicted molar refractivity (Wildman–Crippen MR) is 140 cm³/mol. The van der Waals surface area contributed by atoms with E-state index in [0.29, 0.717) is 0 Å². The van der Waals surface area contributed by atoms with Gasteiger partial charge in [0, 0.05) is 5.92 Å². The molecule has 40 heavy (non-hydrogen) atoms. The minimum absolute atomic E-state index is 0.0234. The third-order valence-corrected chi connectivity index (χ3v) is 8.26. The van der Waals surface area contributed by atoms with Crippen molar-refractivity contribution >= 4 is 23.6 Å². The summed E-state index contributed by atoms with van der Waals surface area (Å²) < 4.78 is 59.0. The number of alkyl halides is 3. The van der Waals surface area contributed by atoms with E-state index in [1.807, 2.05) is 0 Å². The van der Waals surface area contributed by atoms with Crippen LogP contribution in [0.25, 0.3) is 0 Å². The summed E-state index contributed by atoms with van der Waals surface area (Å²) in [6, 6.07) is 1.99. The molecule has 3 amide bonds. The van der Waals surface area contributed by atoms with Gasteiger partial charge in [0.05, 0.1) is 18.2 Å². The van der Waals surface area contributed by atoms with Gasteiger partial charge in [0.2, 0.25) is 12.2 Å². The van der Waals surface area contributed by atoms with Crippen molar-refractivity contribution in [2.45, 2.75) is 102 Å². The standard InChI is InChI=1S/C28H39F4N3O5/c1-15(26(37)35-25(32)24(30)31)19-13-20(29)21(12-18(19)14-36)34-27(38)23(40-28(33)39)22(16-8-4-2-5-9-16)17-10-6-3-7-11-17/h12-13,15-17,22-25,36H,2-11,14H2,1H3,(H2,33,39)(H,34,38)(H,35,37)/t15?,23-,25?/m0/s1. The van der Waals surface area contributed by atoms with Crippen molar-refractivity contribution in [3.05, 3.63) is 29.1 Å². The molecule has 224 valence electrons. The fourth-order valence-corrected chi connectivity index (χ4v) is 6.29. The number of hydrogen-bond donors (Lipinski definition) is 4. The molecule has 2 aliphatic carbocycles. The number of halogens is 4. The number of carbonyl (C=O) groups excluding carboxylic acids is 3. The molecule has 5 N–H and O–H groups in total. The van der Waals surface area contributed by atoms with Crippen LogP contribution in [-0.2, 0) is 20.9 Å². The van der Waals surface area contributed by atoms with Crippen molar-refractivity contribution in [1.29, 1.82) is 0 Å². The van der Waals surface area contributed by atoms with Crippen molar-refractivity contribution in [1.82, 2.24) is 5.32 Å². The molecule has 0 aromatic heterocycles. The fraction of sp³-hybridized carbons (Fsp3) is 0.679. The summed E-state index contributed by atoms with van der Waals surface area (Å²) in [5.74, 6) is -4.16. The van der Waals surface area contributed by atoms with Gasteiger partial charge in [-0.15, -0.1) is 0 Å². The summed E-state index contributed by atoms with van der Waals surface area (Å²) in [6.45, 7) is 0.563. The Morgan fingerprint density at radius 1 is 0.975 bits per heavy atom. The predicted octanol–water partition coefficient (Wildman–Crippen LogP) is 5.28. The van der Waals surface area contributed by atoms with Gasteiger partial charge in [-0.05, 0) is 42.0 Å². The Morgan fingerprint density at radius 3 is 2.00 bits per heavy atom. The fourth-order valence-electron chi connectivity index (χ4n) is 6.29. The van der Waals surface area contributed by atoms with Crippen LogP contribution in [0.15, 0.2) is 12.1 Å². The Hall–Kier alpha value is -2.89. The smallest absolute Gasteiger partial charge is 0.405 e. The van der Waals surface area contributed by atoms with Crippen LogP contribution in [0.4, 0.5) is 28.0 Å². The summed E-state index contributed by atoms with van der Waals surface area (Å²) in [7, 11) is 0. The largest absolute Gasteiger partial charge is 0.436 e. The number of hydrogen-bond acceptors (Lipinski definition) is 5. The number of primary amides is 1. The summed E-state index contributed by atoms with van der Waals surface area (Å²) in [5.41, 5.74) is 5.00. The summed E-state index contributed by atoms with van der Waals surface area (Å²) in [5, 5.41) is 13.9. The van der Waals surface area contributed by atoms with E-state index in [2.05, 4.69) is 5.32 Å². The van der Waals surface area contributed by atoms with Gasteiger partial charge in [0.25, 0.3) is 12.3 Å². The Labute approximate surface area is 231 Å². The number of aliphatic hydroxyl groups excluding tert-OH is 1. The van der Waals surface area contributed by atoms with Crippen molar-refractivity contribution in [3.63, 3.8) is 0 Å². The number of ether oxygens (including phenoxy) is 1. The Morgan fingerprint density at radius 2 is 1.52 bits per heavy atom. The van der Waals surface area contributed by atoms with E-state index in [1.54, 1.807) is 0 Å². The van der Waals surface area contributed by atoms with Crippen LogP contribution in [0.1, 0.15) is 88.2 Å². The third kappa shape index (κ3) is 8.08. The first-order valence-electron chi connectivity index (χ1n) is 14.0. The van der Waals surface area contributed by atoms with Gasteiger partial charge >= 0.3 is 6.09 Å². The normalized spacial score (nSPS) is 19.2. The van der Waals surface area contributed by atoms with Crippen molar-refractivity contribution in [2.75, 3.05) is 5.32 Å². The second-order valence-corrected chi connectivity index (χ2v) is 10.9. The number of benzene rings is 1. The zero-order chi connectivity index (χ0) is 29.4. The Balaban J connectivity index is 1.88. The lowest BCUT2D eigenvalue weighted by atomic mass is 9.67. The van der Waals surface area contributed by atoms with Gasteiger partial charge < -0.3 is 26.2 Å². The van der Waals surface area contributed by atoms with Crippen LogP contribution in [0.5, 0.6) is 0 Å².